The number of aliphatic hydroxyl groups is 1. The zero-order valence-corrected chi connectivity index (χ0v) is 14.5. The number of halogens is 1. The van der Waals surface area contributed by atoms with E-state index in [4.69, 9.17) is 11.6 Å². The first-order valence-corrected chi connectivity index (χ1v) is 8.55. The number of amides is 2. The van der Waals surface area contributed by atoms with Crippen molar-refractivity contribution in [3.63, 3.8) is 0 Å². The van der Waals surface area contributed by atoms with Gasteiger partial charge in [-0.2, -0.15) is 0 Å². The quantitative estimate of drug-likeness (QED) is 0.830. The summed E-state index contributed by atoms with van der Waals surface area (Å²) < 4.78 is 0. The molecule has 2 aromatic rings. The Hall–Kier alpha value is -2.15. The molecule has 1 aliphatic heterocycles. The summed E-state index contributed by atoms with van der Waals surface area (Å²) in [7, 11) is 1.69. The summed E-state index contributed by atoms with van der Waals surface area (Å²) in [6.07, 6.45) is 0. The summed E-state index contributed by atoms with van der Waals surface area (Å²) in [5.74, 6) is -0.772. The fourth-order valence-corrected chi connectivity index (χ4v) is 3.49. The Labute approximate surface area is 148 Å². The average Bonchev–Trinajstić information content (AvgIpc) is 3.15. The zero-order valence-electron chi connectivity index (χ0n) is 12.9. The van der Waals surface area contributed by atoms with Gasteiger partial charge in [-0.05, 0) is 35.7 Å². The number of anilines is 1. The molecule has 24 heavy (non-hydrogen) atoms. The number of nitrogens with zero attached hydrogens (tertiary/aromatic N) is 2. The highest BCUT2D eigenvalue weighted by atomic mass is 35.5. The number of carbonyl (C=O) groups excluding carboxylic acids is 2. The number of hydrogen-bond acceptors (Lipinski definition) is 5. The van der Waals surface area contributed by atoms with Gasteiger partial charge in [0.05, 0.1) is 17.9 Å². The molecule has 2 heterocycles. The number of aliphatic hydroxyl groups excluding tert-OH is 1. The van der Waals surface area contributed by atoms with Crippen molar-refractivity contribution in [1.29, 1.82) is 0 Å². The van der Waals surface area contributed by atoms with Crippen molar-refractivity contribution in [2.45, 2.75) is 0 Å². The smallest absolute Gasteiger partial charge is 0.282 e. The number of likely N-dealkylation sites (N-methyl/N-ethyl adjacent to an activating group) is 1. The molecule has 3 rings (SSSR count). The van der Waals surface area contributed by atoms with Gasteiger partial charge in [-0.1, -0.05) is 17.7 Å². The third-order valence-electron chi connectivity index (χ3n) is 3.73. The van der Waals surface area contributed by atoms with Crippen LogP contribution in [0.5, 0.6) is 0 Å². The summed E-state index contributed by atoms with van der Waals surface area (Å²) in [5, 5.41) is 11.6. The van der Waals surface area contributed by atoms with Crippen LogP contribution >= 0.6 is 22.9 Å². The largest absolute Gasteiger partial charge is 0.395 e. The second-order valence-corrected chi connectivity index (χ2v) is 6.65. The molecule has 0 aliphatic carbocycles. The van der Waals surface area contributed by atoms with Crippen molar-refractivity contribution in [2.24, 2.45) is 0 Å². The summed E-state index contributed by atoms with van der Waals surface area (Å²) in [6.45, 7) is 0.151. The van der Waals surface area contributed by atoms with E-state index in [-0.39, 0.29) is 19.1 Å². The average molecular weight is 363 g/mol. The second-order valence-electron chi connectivity index (χ2n) is 5.27. The van der Waals surface area contributed by atoms with Crippen LogP contribution in [0.4, 0.5) is 5.69 Å². The number of carbonyl (C=O) groups is 2. The molecular weight excluding hydrogens is 348 g/mol. The lowest BCUT2D eigenvalue weighted by atomic mass is 10.2. The summed E-state index contributed by atoms with van der Waals surface area (Å²) >= 11 is 7.29. The SMILES string of the molecule is CN(CCO)C1=C(c2cccs2)C(=O)N(c2ccc(Cl)cc2)C1=O. The lowest BCUT2D eigenvalue weighted by molar-refractivity contribution is -0.120. The molecule has 0 saturated carbocycles. The molecule has 0 saturated heterocycles. The maximum atomic E-state index is 13.0. The molecule has 0 radical (unpaired) electrons. The van der Waals surface area contributed by atoms with E-state index in [0.29, 0.717) is 22.0 Å². The van der Waals surface area contributed by atoms with Crippen LogP contribution in [0.2, 0.25) is 5.02 Å². The Kier molecular flexibility index (Phi) is 4.71. The van der Waals surface area contributed by atoms with Crippen molar-refractivity contribution < 1.29 is 14.7 Å². The van der Waals surface area contributed by atoms with Crippen LogP contribution < -0.4 is 4.90 Å². The molecule has 1 aromatic heterocycles. The predicted molar refractivity (Wildman–Crippen MR) is 94.9 cm³/mol. The van der Waals surface area contributed by atoms with Crippen LogP contribution in [0.15, 0.2) is 47.5 Å². The molecule has 0 atom stereocenters. The molecule has 124 valence electrons. The minimum absolute atomic E-state index is 0.111. The molecule has 5 nitrogen and oxygen atoms in total. The van der Waals surface area contributed by atoms with Crippen molar-refractivity contribution in [2.75, 3.05) is 25.1 Å². The minimum Gasteiger partial charge on any atom is -0.395 e. The highest BCUT2D eigenvalue weighted by Gasteiger charge is 2.41. The van der Waals surface area contributed by atoms with E-state index in [2.05, 4.69) is 0 Å². The van der Waals surface area contributed by atoms with Crippen molar-refractivity contribution >= 4 is 46.0 Å². The Bertz CT molecular complexity index is 800. The monoisotopic (exact) mass is 362 g/mol. The second kappa shape index (κ2) is 6.76. The first-order chi connectivity index (χ1) is 11.5. The van der Waals surface area contributed by atoms with Crippen molar-refractivity contribution in [3.05, 3.63) is 57.4 Å². The molecule has 0 bridgehead atoms. The van der Waals surface area contributed by atoms with Crippen LogP contribution in [0.25, 0.3) is 5.57 Å². The van der Waals surface area contributed by atoms with E-state index >= 15 is 0 Å². The fourth-order valence-electron chi connectivity index (χ4n) is 2.60. The molecule has 1 aromatic carbocycles. The number of hydrogen-bond donors (Lipinski definition) is 1. The van der Waals surface area contributed by atoms with Gasteiger partial charge in [0.1, 0.15) is 5.70 Å². The Morgan fingerprint density at radius 1 is 1.17 bits per heavy atom. The van der Waals surface area contributed by atoms with Gasteiger partial charge in [-0.15, -0.1) is 11.3 Å². The van der Waals surface area contributed by atoms with E-state index in [1.807, 2.05) is 17.5 Å². The van der Waals surface area contributed by atoms with Gasteiger partial charge in [-0.25, -0.2) is 4.90 Å². The first-order valence-electron chi connectivity index (χ1n) is 7.29. The molecule has 0 spiro atoms. The Balaban J connectivity index is 2.08. The van der Waals surface area contributed by atoms with Crippen LogP contribution in [-0.2, 0) is 9.59 Å². The molecule has 0 fully saturated rings. The van der Waals surface area contributed by atoms with Gasteiger partial charge in [-0.3, -0.25) is 9.59 Å². The number of imide groups is 1. The number of rotatable bonds is 5. The van der Waals surface area contributed by atoms with Crippen molar-refractivity contribution in [1.82, 2.24) is 4.90 Å². The number of benzene rings is 1. The summed E-state index contributed by atoms with van der Waals surface area (Å²) in [5.41, 5.74) is 1.13. The first kappa shape index (κ1) is 16.7. The number of thiophene rings is 1. The van der Waals surface area contributed by atoms with E-state index in [0.717, 1.165) is 9.78 Å². The predicted octanol–water partition coefficient (Wildman–Crippen LogP) is 2.61. The zero-order chi connectivity index (χ0) is 17.3. The van der Waals surface area contributed by atoms with Crippen LogP contribution in [0, 0.1) is 0 Å². The molecular formula is C17H15ClN2O3S. The van der Waals surface area contributed by atoms with Gasteiger partial charge in [0.15, 0.2) is 0 Å². The summed E-state index contributed by atoms with van der Waals surface area (Å²) in [6, 6.07) is 10.2. The van der Waals surface area contributed by atoms with Gasteiger partial charge in [0, 0.05) is 23.5 Å². The lowest BCUT2D eigenvalue weighted by Crippen LogP contribution is -2.34. The Morgan fingerprint density at radius 3 is 2.46 bits per heavy atom. The van der Waals surface area contributed by atoms with Crippen LogP contribution in [-0.4, -0.2) is 42.0 Å². The molecule has 0 unspecified atom stereocenters. The summed E-state index contributed by atoms with van der Waals surface area (Å²) in [4.78, 5) is 29.4. The normalized spacial score (nSPS) is 14.7. The molecule has 1 aliphatic rings. The topological polar surface area (TPSA) is 60.9 Å². The van der Waals surface area contributed by atoms with Crippen LogP contribution in [0.3, 0.4) is 0 Å². The molecule has 1 N–H and O–H groups in total. The van der Waals surface area contributed by atoms with E-state index < -0.39 is 5.91 Å². The van der Waals surface area contributed by atoms with E-state index in [1.54, 1.807) is 36.2 Å². The molecule has 2 amide bonds. The van der Waals surface area contributed by atoms with Gasteiger partial charge < -0.3 is 10.0 Å². The van der Waals surface area contributed by atoms with Gasteiger partial charge in [0.25, 0.3) is 11.8 Å². The maximum Gasteiger partial charge on any atom is 0.282 e. The van der Waals surface area contributed by atoms with Crippen molar-refractivity contribution in [3.8, 4) is 0 Å². The third-order valence-corrected chi connectivity index (χ3v) is 4.87. The fraction of sp³-hybridized carbons (Fsp3) is 0.176. The Morgan fingerprint density at radius 2 is 1.88 bits per heavy atom. The maximum absolute atomic E-state index is 13.0. The van der Waals surface area contributed by atoms with E-state index in [9.17, 15) is 14.7 Å². The third kappa shape index (κ3) is 2.84. The lowest BCUT2D eigenvalue weighted by Gasteiger charge is -2.20. The van der Waals surface area contributed by atoms with Gasteiger partial charge in [0.2, 0.25) is 0 Å². The van der Waals surface area contributed by atoms with Crippen LogP contribution in [0.1, 0.15) is 4.88 Å². The van der Waals surface area contributed by atoms with E-state index in [1.165, 1.54) is 11.3 Å². The highest BCUT2D eigenvalue weighted by molar-refractivity contribution is 7.11. The standard InChI is InChI=1S/C17H15ClN2O3S/c1-19(8-9-21)15-14(13-3-2-10-24-13)16(22)20(17(15)23)12-6-4-11(18)5-7-12/h2-7,10,21H,8-9H2,1H3. The molecule has 7 heteroatoms. The minimum atomic E-state index is -0.401. The van der Waals surface area contributed by atoms with Gasteiger partial charge >= 0.3 is 0 Å². The highest BCUT2D eigenvalue weighted by Crippen LogP contribution is 2.36.